The summed E-state index contributed by atoms with van der Waals surface area (Å²) in [6, 6.07) is 8.07. The number of nitrogens with zero attached hydrogens (tertiary/aromatic N) is 2. The molecular weight excluding hydrogens is 424 g/mol. The van der Waals surface area contributed by atoms with Crippen LogP contribution in [0, 0.1) is 5.92 Å². The first kappa shape index (κ1) is 22.3. The van der Waals surface area contributed by atoms with Crippen LogP contribution in [-0.2, 0) is 4.79 Å². The number of hydrogen-bond donors (Lipinski definition) is 4. The second-order valence-electron chi connectivity index (χ2n) is 8.37. The molecule has 1 aromatic heterocycles. The van der Waals surface area contributed by atoms with Gasteiger partial charge in [0.05, 0.1) is 17.1 Å². The van der Waals surface area contributed by atoms with Crippen LogP contribution in [0.1, 0.15) is 53.9 Å². The fraction of sp³-hybridized carbons (Fsp3) is 0.435. The lowest BCUT2D eigenvalue weighted by Gasteiger charge is -2.28. The van der Waals surface area contributed by atoms with Gasteiger partial charge in [-0.25, -0.2) is 4.98 Å². The standard InChI is InChI=1S/C23H30N6O2S/c1-25-23(31)20-17(12-19(27-21(20)24)28-22(30)14-7-8-14)26-16-10-9-15(13-5-4-6-13)11-18(16)29(2)32-3/h9-14H,4-8H2,1-3H3,(H,25,31)(H4,24,26,27,28,30). The first-order valence-corrected chi connectivity index (χ1v) is 12.1. The monoisotopic (exact) mass is 454 g/mol. The molecule has 2 saturated carbocycles. The van der Waals surface area contributed by atoms with E-state index in [1.807, 2.05) is 19.4 Å². The van der Waals surface area contributed by atoms with Gasteiger partial charge in [-0.15, -0.1) is 0 Å². The number of nitrogens with one attached hydrogen (secondary N) is 3. The van der Waals surface area contributed by atoms with Crippen molar-refractivity contribution in [2.75, 3.05) is 41.0 Å². The molecule has 0 spiro atoms. The Kier molecular flexibility index (Phi) is 6.45. The van der Waals surface area contributed by atoms with E-state index in [9.17, 15) is 9.59 Å². The molecule has 0 bridgehead atoms. The van der Waals surface area contributed by atoms with Gasteiger partial charge in [0.25, 0.3) is 5.91 Å². The molecule has 2 aromatic rings. The Morgan fingerprint density at radius 1 is 1.16 bits per heavy atom. The number of hydrogen-bond acceptors (Lipinski definition) is 7. The summed E-state index contributed by atoms with van der Waals surface area (Å²) in [6.07, 6.45) is 7.52. The summed E-state index contributed by atoms with van der Waals surface area (Å²) in [6.45, 7) is 0. The Balaban J connectivity index is 1.71. The Morgan fingerprint density at radius 2 is 1.91 bits per heavy atom. The lowest BCUT2D eigenvalue weighted by atomic mass is 9.80. The lowest BCUT2D eigenvalue weighted by molar-refractivity contribution is -0.117. The van der Waals surface area contributed by atoms with Crippen molar-refractivity contribution in [2.45, 2.75) is 38.0 Å². The SMILES string of the molecule is CNC(=O)c1c(Nc2ccc(C3CCC3)cc2N(C)SC)cc(NC(=O)C2CC2)nc1N. The van der Waals surface area contributed by atoms with Crippen LogP contribution >= 0.6 is 11.9 Å². The molecule has 5 N–H and O–H groups in total. The Labute approximate surface area is 192 Å². The molecule has 0 radical (unpaired) electrons. The third-order valence-electron chi connectivity index (χ3n) is 6.18. The van der Waals surface area contributed by atoms with Crippen molar-refractivity contribution in [1.29, 1.82) is 0 Å². The first-order valence-electron chi connectivity index (χ1n) is 10.9. The molecule has 1 aromatic carbocycles. The number of aromatic nitrogens is 1. The molecule has 170 valence electrons. The number of amides is 2. The largest absolute Gasteiger partial charge is 0.383 e. The smallest absolute Gasteiger partial charge is 0.256 e. The molecule has 1 heterocycles. The van der Waals surface area contributed by atoms with Gasteiger partial charge < -0.3 is 26.0 Å². The van der Waals surface area contributed by atoms with Crippen molar-refractivity contribution in [3.63, 3.8) is 0 Å². The van der Waals surface area contributed by atoms with Crippen molar-refractivity contribution in [2.24, 2.45) is 5.92 Å². The van der Waals surface area contributed by atoms with Gasteiger partial charge in [-0.05, 0) is 49.3 Å². The van der Waals surface area contributed by atoms with E-state index in [2.05, 4.69) is 37.4 Å². The summed E-state index contributed by atoms with van der Waals surface area (Å²) in [5, 5.41) is 8.84. The van der Waals surface area contributed by atoms with E-state index in [1.165, 1.54) is 24.8 Å². The third kappa shape index (κ3) is 4.62. The number of nitrogens with two attached hydrogens (primary N) is 1. The molecule has 4 rings (SSSR count). The van der Waals surface area contributed by atoms with Crippen molar-refractivity contribution in [3.8, 4) is 0 Å². The highest BCUT2D eigenvalue weighted by atomic mass is 32.2. The van der Waals surface area contributed by atoms with Crippen LogP contribution in [0.25, 0.3) is 0 Å². The van der Waals surface area contributed by atoms with Gasteiger partial charge in [0.1, 0.15) is 17.2 Å². The highest BCUT2D eigenvalue weighted by Crippen LogP contribution is 2.41. The van der Waals surface area contributed by atoms with Gasteiger partial charge in [0, 0.05) is 32.3 Å². The second-order valence-corrected chi connectivity index (χ2v) is 9.28. The molecule has 0 saturated heterocycles. The molecule has 0 aliphatic heterocycles. The van der Waals surface area contributed by atoms with E-state index in [0.29, 0.717) is 17.4 Å². The summed E-state index contributed by atoms with van der Waals surface area (Å²) in [4.78, 5) is 29.1. The van der Waals surface area contributed by atoms with Gasteiger partial charge >= 0.3 is 0 Å². The minimum Gasteiger partial charge on any atom is -0.383 e. The summed E-state index contributed by atoms with van der Waals surface area (Å²) in [7, 11) is 3.56. The molecule has 0 atom stereocenters. The molecule has 8 nitrogen and oxygen atoms in total. The predicted molar refractivity (Wildman–Crippen MR) is 132 cm³/mol. The number of benzene rings is 1. The maximum Gasteiger partial charge on any atom is 0.256 e. The minimum atomic E-state index is -0.344. The van der Waals surface area contributed by atoms with Crippen LogP contribution in [0.2, 0.25) is 0 Å². The third-order valence-corrected chi connectivity index (χ3v) is 6.93. The molecule has 2 fully saturated rings. The van der Waals surface area contributed by atoms with Gasteiger partial charge in [-0.2, -0.15) is 0 Å². The van der Waals surface area contributed by atoms with Crippen LogP contribution in [0.15, 0.2) is 24.3 Å². The fourth-order valence-corrected chi connectivity index (χ4v) is 4.17. The highest BCUT2D eigenvalue weighted by molar-refractivity contribution is 7.99. The van der Waals surface area contributed by atoms with Crippen LogP contribution in [0.5, 0.6) is 0 Å². The fourth-order valence-electron chi connectivity index (χ4n) is 3.82. The van der Waals surface area contributed by atoms with Crippen molar-refractivity contribution >= 4 is 52.5 Å². The number of rotatable bonds is 8. The molecule has 0 unspecified atom stereocenters. The maximum atomic E-state index is 12.6. The first-order chi connectivity index (χ1) is 15.4. The number of anilines is 5. The number of pyridine rings is 1. The van der Waals surface area contributed by atoms with E-state index in [4.69, 9.17) is 5.73 Å². The quantitative estimate of drug-likeness (QED) is 0.444. The number of nitrogen functional groups attached to an aromatic ring is 1. The summed E-state index contributed by atoms with van der Waals surface area (Å²) in [5.74, 6) is 0.632. The highest BCUT2D eigenvalue weighted by Gasteiger charge is 2.30. The van der Waals surface area contributed by atoms with Crippen molar-refractivity contribution in [3.05, 3.63) is 35.4 Å². The normalized spacial score (nSPS) is 15.6. The van der Waals surface area contributed by atoms with E-state index in [-0.39, 0.29) is 29.1 Å². The van der Waals surface area contributed by atoms with Crippen molar-refractivity contribution < 1.29 is 9.59 Å². The van der Waals surface area contributed by atoms with Crippen LogP contribution in [-0.4, -0.2) is 37.1 Å². The molecule has 32 heavy (non-hydrogen) atoms. The topological polar surface area (TPSA) is 112 Å². The van der Waals surface area contributed by atoms with Crippen LogP contribution in [0.4, 0.5) is 28.7 Å². The summed E-state index contributed by atoms with van der Waals surface area (Å²) >= 11 is 1.61. The zero-order valence-electron chi connectivity index (χ0n) is 18.7. The molecular formula is C23H30N6O2S. The summed E-state index contributed by atoms with van der Waals surface area (Å²) in [5.41, 5.74) is 10.1. The minimum absolute atomic E-state index is 0.0360. The van der Waals surface area contributed by atoms with E-state index >= 15 is 0 Å². The average molecular weight is 455 g/mol. The van der Waals surface area contributed by atoms with E-state index in [1.54, 1.807) is 25.1 Å². The second kappa shape index (κ2) is 9.28. The summed E-state index contributed by atoms with van der Waals surface area (Å²) < 4.78 is 2.09. The molecule has 2 aliphatic carbocycles. The van der Waals surface area contributed by atoms with Crippen LogP contribution < -0.4 is 26.0 Å². The Morgan fingerprint density at radius 3 is 2.50 bits per heavy atom. The van der Waals surface area contributed by atoms with Gasteiger partial charge in [0.15, 0.2) is 0 Å². The van der Waals surface area contributed by atoms with Crippen LogP contribution in [0.3, 0.4) is 0 Å². The Bertz CT molecular complexity index is 1040. The van der Waals surface area contributed by atoms with E-state index < -0.39 is 0 Å². The zero-order valence-corrected chi connectivity index (χ0v) is 19.5. The zero-order chi connectivity index (χ0) is 22.8. The number of carbonyl (C=O) groups excluding carboxylic acids is 2. The lowest BCUT2D eigenvalue weighted by Crippen LogP contribution is -2.23. The molecule has 2 amide bonds. The van der Waals surface area contributed by atoms with E-state index in [0.717, 1.165) is 24.2 Å². The van der Waals surface area contributed by atoms with Gasteiger partial charge in [-0.1, -0.05) is 24.4 Å². The average Bonchev–Trinajstić information content (AvgIpc) is 3.58. The molecule has 2 aliphatic rings. The number of carbonyl (C=O) groups is 2. The van der Waals surface area contributed by atoms with Crippen molar-refractivity contribution in [1.82, 2.24) is 10.3 Å². The van der Waals surface area contributed by atoms with Gasteiger partial charge in [-0.3, -0.25) is 9.59 Å². The Hall–Kier alpha value is -2.94. The maximum absolute atomic E-state index is 12.6. The predicted octanol–water partition coefficient (Wildman–Crippen LogP) is 4.10. The van der Waals surface area contributed by atoms with Gasteiger partial charge in [0.2, 0.25) is 5.91 Å². The molecule has 9 heteroatoms.